The van der Waals surface area contributed by atoms with Crippen molar-refractivity contribution in [3.05, 3.63) is 34.9 Å². The van der Waals surface area contributed by atoms with Crippen molar-refractivity contribution in [3.63, 3.8) is 0 Å². The fraction of sp³-hybridized carbons (Fsp3) is 0.462. The lowest BCUT2D eigenvalue weighted by atomic mass is 9.93. The number of rotatable bonds is 4. The highest BCUT2D eigenvalue weighted by Crippen LogP contribution is 2.23. The molecule has 0 aliphatic carbocycles. The van der Waals surface area contributed by atoms with E-state index < -0.39 is 12.0 Å². The average molecular weight is 221 g/mol. The summed E-state index contributed by atoms with van der Waals surface area (Å²) in [5.74, 6) is -0.596. The number of aryl methyl sites for hydroxylation is 1. The van der Waals surface area contributed by atoms with Crippen LogP contribution < -0.4 is 5.73 Å². The second kappa shape index (κ2) is 5.12. The molecular formula is C13H19NO2. The molecular weight excluding hydrogens is 202 g/mol. The minimum Gasteiger partial charge on any atom is -0.480 e. The second-order valence-corrected chi connectivity index (χ2v) is 4.28. The molecule has 0 saturated heterocycles. The predicted molar refractivity (Wildman–Crippen MR) is 64.5 cm³/mol. The molecule has 0 radical (unpaired) electrons. The number of hydrogen-bond acceptors (Lipinski definition) is 2. The number of carboxylic acid groups (broad SMARTS) is 1. The van der Waals surface area contributed by atoms with Crippen molar-refractivity contribution in [1.82, 2.24) is 0 Å². The van der Waals surface area contributed by atoms with Crippen molar-refractivity contribution < 1.29 is 9.90 Å². The van der Waals surface area contributed by atoms with Crippen LogP contribution in [0.2, 0.25) is 0 Å². The highest BCUT2D eigenvalue weighted by molar-refractivity contribution is 5.76. The van der Waals surface area contributed by atoms with Crippen molar-refractivity contribution in [1.29, 1.82) is 0 Å². The lowest BCUT2D eigenvalue weighted by Crippen LogP contribution is -2.22. The van der Waals surface area contributed by atoms with Gasteiger partial charge in [-0.15, -0.1) is 0 Å². The molecule has 0 aliphatic rings. The number of benzene rings is 1. The van der Waals surface area contributed by atoms with Crippen LogP contribution in [0.5, 0.6) is 0 Å². The van der Waals surface area contributed by atoms with Crippen molar-refractivity contribution in [2.75, 3.05) is 0 Å². The molecule has 1 unspecified atom stereocenters. The van der Waals surface area contributed by atoms with Crippen molar-refractivity contribution in [3.8, 4) is 0 Å². The van der Waals surface area contributed by atoms with Gasteiger partial charge in [0.25, 0.3) is 0 Å². The van der Waals surface area contributed by atoms with E-state index in [4.69, 9.17) is 10.8 Å². The number of carboxylic acids is 1. The molecule has 88 valence electrons. The molecule has 0 fully saturated rings. The van der Waals surface area contributed by atoms with Crippen LogP contribution in [0.3, 0.4) is 0 Å². The maximum atomic E-state index is 10.9. The van der Waals surface area contributed by atoms with Gasteiger partial charge in [0.05, 0.1) is 0 Å². The molecule has 1 aromatic carbocycles. The largest absolute Gasteiger partial charge is 0.480 e. The predicted octanol–water partition coefficient (Wildman–Crippen LogP) is 2.46. The van der Waals surface area contributed by atoms with E-state index in [-0.39, 0.29) is 0 Å². The average Bonchev–Trinajstić information content (AvgIpc) is 2.26. The molecule has 1 atom stereocenters. The molecule has 3 nitrogen and oxygen atoms in total. The van der Waals surface area contributed by atoms with Crippen LogP contribution in [0.4, 0.5) is 0 Å². The zero-order chi connectivity index (χ0) is 12.3. The molecule has 0 aliphatic heterocycles. The summed E-state index contributed by atoms with van der Waals surface area (Å²) in [6.45, 7) is 6.16. The molecule has 0 aromatic heterocycles. The minimum atomic E-state index is -0.976. The Hall–Kier alpha value is -1.35. The van der Waals surface area contributed by atoms with Gasteiger partial charge in [-0.3, -0.25) is 4.79 Å². The van der Waals surface area contributed by atoms with Gasteiger partial charge in [-0.2, -0.15) is 0 Å². The van der Waals surface area contributed by atoms with Gasteiger partial charge in [-0.25, -0.2) is 0 Å². The van der Waals surface area contributed by atoms with Crippen LogP contribution in [0.1, 0.15) is 49.4 Å². The summed E-state index contributed by atoms with van der Waals surface area (Å²) in [5.41, 5.74) is 8.56. The lowest BCUT2D eigenvalue weighted by molar-refractivity contribution is -0.138. The smallest absolute Gasteiger partial charge is 0.325 e. The molecule has 3 N–H and O–H groups in total. The summed E-state index contributed by atoms with van der Waals surface area (Å²) in [7, 11) is 0. The summed E-state index contributed by atoms with van der Waals surface area (Å²) in [4.78, 5) is 10.9. The lowest BCUT2D eigenvalue weighted by Gasteiger charge is -2.15. The molecule has 0 amide bonds. The SMILES string of the molecule is CCc1ccc(C(C)C)cc1C(N)C(=O)O. The van der Waals surface area contributed by atoms with Gasteiger partial charge in [0.1, 0.15) is 6.04 Å². The van der Waals surface area contributed by atoms with Crippen LogP contribution >= 0.6 is 0 Å². The van der Waals surface area contributed by atoms with Crippen molar-refractivity contribution in [2.24, 2.45) is 5.73 Å². The molecule has 1 aromatic rings. The first-order valence-electron chi connectivity index (χ1n) is 5.58. The topological polar surface area (TPSA) is 63.3 Å². The molecule has 0 heterocycles. The van der Waals surface area contributed by atoms with E-state index in [9.17, 15) is 4.79 Å². The number of aliphatic carboxylic acids is 1. The Morgan fingerprint density at radius 1 is 1.44 bits per heavy atom. The van der Waals surface area contributed by atoms with E-state index in [1.54, 1.807) is 0 Å². The Morgan fingerprint density at radius 2 is 2.06 bits per heavy atom. The molecule has 0 spiro atoms. The Kier molecular flexibility index (Phi) is 4.07. The summed E-state index contributed by atoms with van der Waals surface area (Å²) in [6.07, 6.45) is 0.800. The van der Waals surface area contributed by atoms with Crippen LogP contribution in [0.15, 0.2) is 18.2 Å². The first-order valence-corrected chi connectivity index (χ1v) is 5.58. The Labute approximate surface area is 96.3 Å². The molecule has 1 rings (SSSR count). The fourth-order valence-electron chi connectivity index (χ4n) is 1.72. The van der Waals surface area contributed by atoms with E-state index in [1.807, 2.05) is 25.1 Å². The van der Waals surface area contributed by atoms with Gasteiger partial charge >= 0.3 is 5.97 Å². The number of hydrogen-bond donors (Lipinski definition) is 2. The zero-order valence-corrected chi connectivity index (χ0v) is 10.0. The van der Waals surface area contributed by atoms with E-state index in [0.717, 1.165) is 23.1 Å². The normalized spacial score (nSPS) is 12.8. The van der Waals surface area contributed by atoms with Gasteiger partial charge in [-0.1, -0.05) is 39.0 Å². The third kappa shape index (κ3) is 2.61. The van der Waals surface area contributed by atoms with Crippen LogP contribution in [-0.2, 0) is 11.2 Å². The van der Waals surface area contributed by atoms with Crippen LogP contribution in [0, 0.1) is 0 Å². The first kappa shape index (κ1) is 12.7. The monoisotopic (exact) mass is 221 g/mol. The van der Waals surface area contributed by atoms with E-state index >= 15 is 0 Å². The molecule has 3 heteroatoms. The molecule has 16 heavy (non-hydrogen) atoms. The standard InChI is InChI=1S/C13H19NO2/c1-4-9-5-6-10(8(2)3)7-11(9)12(14)13(15)16/h5-8,12H,4,14H2,1-3H3,(H,15,16). The number of nitrogens with two attached hydrogens (primary N) is 1. The Bertz CT molecular complexity index is 386. The second-order valence-electron chi connectivity index (χ2n) is 4.28. The maximum absolute atomic E-state index is 10.9. The first-order chi connectivity index (χ1) is 7.47. The quantitative estimate of drug-likeness (QED) is 0.820. The summed E-state index contributed by atoms with van der Waals surface area (Å²) in [6, 6.07) is 5.02. The zero-order valence-electron chi connectivity index (χ0n) is 10.0. The maximum Gasteiger partial charge on any atom is 0.325 e. The third-order valence-corrected chi connectivity index (χ3v) is 2.82. The van der Waals surface area contributed by atoms with Crippen molar-refractivity contribution >= 4 is 5.97 Å². The highest BCUT2D eigenvalue weighted by atomic mass is 16.4. The summed E-state index contributed by atoms with van der Waals surface area (Å²) < 4.78 is 0. The molecule has 0 saturated carbocycles. The number of carbonyl (C=O) groups is 1. The fourth-order valence-corrected chi connectivity index (χ4v) is 1.72. The Balaban J connectivity index is 3.21. The van der Waals surface area contributed by atoms with Crippen molar-refractivity contribution in [2.45, 2.75) is 39.2 Å². The van der Waals surface area contributed by atoms with E-state index in [2.05, 4.69) is 13.8 Å². The molecule has 0 bridgehead atoms. The van der Waals surface area contributed by atoms with Gasteiger partial charge in [0, 0.05) is 0 Å². The van der Waals surface area contributed by atoms with E-state index in [0.29, 0.717) is 5.92 Å². The van der Waals surface area contributed by atoms with Crippen LogP contribution in [0.25, 0.3) is 0 Å². The third-order valence-electron chi connectivity index (χ3n) is 2.82. The van der Waals surface area contributed by atoms with Gasteiger partial charge in [0.2, 0.25) is 0 Å². The highest BCUT2D eigenvalue weighted by Gasteiger charge is 2.18. The van der Waals surface area contributed by atoms with E-state index in [1.165, 1.54) is 0 Å². The van der Waals surface area contributed by atoms with Gasteiger partial charge in [0.15, 0.2) is 0 Å². The summed E-state index contributed by atoms with van der Waals surface area (Å²) in [5, 5.41) is 8.96. The minimum absolute atomic E-state index is 0.380. The van der Waals surface area contributed by atoms with Gasteiger partial charge < -0.3 is 10.8 Å². The Morgan fingerprint density at radius 3 is 2.50 bits per heavy atom. The van der Waals surface area contributed by atoms with Gasteiger partial charge in [-0.05, 0) is 29.0 Å². The summed E-state index contributed by atoms with van der Waals surface area (Å²) >= 11 is 0. The van der Waals surface area contributed by atoms with Crippen LogP contribution in [-0.4, -0.2) is 11.1 Å².